The molecule has 158 valence electrons. The minimum atomic E-state index is -0.456. The standard InChI is InChI=1S/C22H20FN5O2S/c1-30-19-4-3-16(10-17(19)23)18-13-31-22(26-18)27-21(29)15-6-8-28(9-7-15)20-5-2-14(11-24)12-25-20/h2-5,10,12-13,15H,6-9H2,1H3,(H,26,27,29). The zero-order chi connectivity index (χ0) is 21.8. The number of ether oxygens (including phenoxy) is 1. The summed E-state index contributed by atoms with van der Waals surface area (Å²) in [5, 5.41) is 14.1. The first-order valence-corrected chi connectivity index (χ1v) is 10.7. The van der Waals surface area contributed by atoms with Gasteiger partial charge in [0.15, 0.2) is 16.7 Å². The Labute approximate surface area is 183 Å². The number of carbonyl (C=O) groups excluding carboxylic acids is 1. The molecule has 31 heavy (non-hydrogen) atoms. The number of nitrogens with zero attached hydrogens (tertiary/aromatic N) is 4. The van der Waals surface area contributed by atoms with Crippen LogP contribution >= 0.6 is 11.3 Å². The van der Waals surface area contributed by atoms with Crippen LogP contribution < -0.4 is 15.0 Å². The number of hydrogen-bond donors (Lipinski definition) is 1. The molecule has 3 heterocycles. The van der Waals surface area contributed by atoms with Crippen LogP contribution in [0.2, 0.25) is 0 Å². The molecular formula is C22H20FN5O2S. The molecule has 1 aromatic carbocycles. The Morgan fingerprint density at radius 3 is 2.77 bits per heavy atom. The number of rotatable bonds is 5. The molecule has 7 nitrogen and oxygen atoms in total. The number of thiazole rings is 1. The number of amides is 1. The van der Waals surface area contributed by atoms with Crippen LogP contribution in [-0.4, -0.2) is 36.1 Å². The number of pyridine rings is 1. The summed E-state index contributed by atoms with van der Waals surface area (Å²) >= 11 is 1.31. The molecule has 0 unspecified atom stereocenters. The highest BCUT2D eigenvalue weighted by Crippen LogP contribution is 2.29. The molecule has 4 rings (SSSR count). The molecule has 0 atom stereocenters. The number of aromatic nitrogens is 2. The largest absolute Gasteiger partial charge is 0.494 e. The fourth-order valence-electron chi connectivity index (χ4n) is 3.51. The van der Waals surface area contributed by atoms with Crippen molar-refractivity contribution in [1.82, 2.24) is 9.97 Å². The van der Waals surface area contributed by atoms with Gasteiger partial charge in [-0.3, -0.25) is 4.79 Å². The molecule has 2 aromatic heterocycles. The predicted octanol–water partition coefficient (Wildman–Crippen LogP) is 4.08. The number of piperidine rings is 1. The summed E-state index contributed by atoms with van der Waals surface area (Å²) in [6, 6.07) is 10.3. The van der Waals surface area contributed by atoms with Crippen molar-refractivity contribution in [2.75, 3.05) is 30.4 Å². The zero-order valence-electron chi connectivity index (χ0n) is 16.8. The quantitative estimate of drug-likeness (QED) is 0.647. The van der Waals surface area contributed by atoms with E-state index < -0.39 is 5.82 Å². The second-order valence-corrected chi connectivity index (χ2v) is 8.01. The summed E-state index contributed by atoms with van der Waals surface area (Å²) in [6.07, 6.45) is 2.97. The van der Waals surface area contributed by atoms with E-state index in [1.54, 1.807) is 29.8 Å². The van der Waals surface area contributed by atoms with Crippen molar-refractivity contribution in [3.05, 3.63) is 53.3 Å². The van der Waals surface area contributed by atoms with Crippen LogP contribution in [-0.2, 0) is 4.79 Å². The maximum absolute atomic E-state index is 13.9. The summed E-state index contributed by atoms with van der Waals surface area (Å²) in [5.74, 6) is 0.362. The molecule has 0 aliphatic carbocycles. The minimum Gasteiger partial charge on any atom is -0.494 e. The fourth-order valence-corrected chi connectivity index (χ4v) is 4.23. The van der Waals surface area contributed by atoms with Gasteiger partial charge in [-0.15, -0.1) is 11.3 Å². The van der Waals surface area contributed by atoms with Crippen molar-refractivity contribution in [2.45, 2.75) is 12.8 Å². The van der Waals surface area contributed by atoms with E-state index in [2.05, 4.69) is 26.3 Å². The number of benzene rings is 1. The number of hydrogen-bond acceptors (Lipinski definition) is 7. The third-order valence-corrected chi connectivity index (χ3v) is 6.01. The van der Waals surface area contributed by atoms with Gasteiger partial charge in [0.2, 0.25) is 5.91 Å². The van der Waals surface area contributed by atoms with Gasteiger partial charge < -0.3 is 15.0 Å². The molecular weight excluding hydrogens is 417 g/mol. The number of anilines is 2. The highest BCUT2D eigenvalue weighted by Gasteiger charge is 2.26. The van der Waals surface area contributed by atoms with Gasteiger partial charge in [0.25, 0.3) is 0 Å². The molecule has 1 aliphatic rings. The molecule has 0 radical (unpaired) electrons. The zero-order valence-corrected chi connectivity index (χ0v) is 17.7. The van der Waals surface area contributed by atoms with Crippen LogP contribution in [0.25, 0.3) is 11.3 Å². The van der Waals surface area contributed by atoms with Gasteiger partial charge in [0, 0.05) is 36.1 Å². The number of nitrogens with one attached hydrogen (secondary N) is 1. The van der Waals surface area contributed by atoms with E-state index >= 15 is 0 Å². The second-order valence-electron chi connectivity index (χ2n) is 7.15. The topological polar surface area (TPSA) is 91.1 Å². The Morgan fingerprint density at radius 2 is 2.13 bits per heavy atom. The molecule has 3 aromatic rings. The number of halogens is 1. The lowest BCUT2D eigenvalue weighted by Crippen LogP contribution is -2.38. The first-order chi connectivity index (χ1) is 15.1. The maximum atomic E-state index is 13.9. The highest BCUT2D eigenvalue weighted by molar-refractivity contribution is 7.14. The van der Waals surface area contributed by atoms with E-state index in [0.29, 0.717) is 47.9 Å². The molecule has 1 saturated heterocycles. The minimum absolute atomic E-state index is 0.0609. The van der Waals surface area contributed by atoms with Crippen molar-refractivity contribution in [2.24, 2.45) is 5.92 Å². The van der Waals surface area contributed by atoms with E-state index in [-0.39, 0.29) is 17.6 Å². The number of methoxy groups -OCH3 is 1. The average molecular weight is 438 g/mol. The molecule has 1 aliphatic heterocycles. The van der Waals surface area contributed by atoms with E-state index in [1.807, 2.05) is 6.07 Å². The first-order valence-electron chi connectivity index (χ1n) is 9.79. The van der Waals surface area contributed by atoms with E-state index in [1.165, 1.54) is 24.5 Å². The van der Waals surface area contributed by atoms with Gasteiger partial charge >= 0.3 is 0 Å². The lowest BCUT2D eigenvalue weighted by molar-refractivity contribution is -0.120. The Balaban J connectivity index is 1.34. The van der Waals surface area contributed by atoms with Crippen LogP contribution in [0.15, 0.2) is 41.9 Å². The molecule has 0 bridgehead atoms. The normalized spacial score (nSPS) is 14.2. The second kappa shape index (κ2) is 9.10. The Morgan fingerprint density at radius 1 is 1.32 bits per heavy atom. The number of carbonyl (C=O) groups is 1. The smallest absolute Gasteiger partial charge is 0.229 e. The molecule has 0 spiro atoms. The first kappa shape index (κ1) is 20.8. The van der Waals surface area contributed by atoms with Crippen LogP contribution in [0.1, 0.15) is 18.4 Å². The Hall–Kier alpha value is -3.51. The van der Waals surface area contributed by atoms with E-state index in [0.717, 1.165) is 5.82 Å². The third kappa shape index (κ3) is 4.64. The van der Waals surface area contributed by atoms with E-state index in [4.69, 9.17) is 10.00 Å². The van der Waals surface area contributed by atoms with Crippen LogP contribution in [0.3, 0.4) is 0 Å². The van der Waals surface area contributed by atoms with Gasteiger partial charge in [-0.05, 0) is 43.2 Å². The van der Waals surface area contributed by atoms with Gasteiger partial charge in [0.1, 0.15) is 11.9 Å². The van der Waals surface area contributed by atoms with Crippen molar-refractivity contribution in [1.29, 1.82) is 5.26 Å². The Kier molecular flexibility index (Phi) is 6.09. The highest BCUT2D eigenvalue weighted by atomic mass is 32.1. The van der Waals surface area contributed by atoms with Crippen molar-refractivity contribution in [3.63, 3.8) is 0 Å². The average Bonchev–Trinajstić information content (AvgIpc) is 3.27. The summed E-state index contributed by atoms with van der Waals surface area (Å²) in [4.78, 5) is 23.5. The Bertz CT molecular complexity index is 1120. The van der Waals surface area contributed by atoms with Crippen LogP contribution in [0.5, 0.6) is 5.75 Å². The summed E-state index contributed by atoms with van der Waals surface area (Å²) in [7, 11) is 1.42. The van der Waals surface area contributed by atoms with Crippen molar-refractivity contribution < 1.29 is 13.9 Å². The van der Waals surface area contributed by atoms with Gasteiger partial charge in [-0.1, -0.05) is 0 Å². The molecule has 1 fully saturated rings. The molecule has 1 amide bonds. The van der Waals surface area contributed by atoms with Gasteiger partial charge in [-0.2, -0.15) is 5.26 Å². The summed E-state index contributed by atoms with van der Waals surface area (Å²) in [5.41, 5.74) is 1.75. The molecule has 1 N–H and O–H groups in total. The summed E-state index contributed by atoms with van der Waals surface area (Å²) < 4.78 is 18.9. The SMILES string of the molecule is COc1ccc(-c2csc(NC(=O)C3CCN(c4ccc(C#N)cn4)CC3)n2)cc1F. The fraction of sp³-hybridized carbons (Fsp3) is 0.273. The third-order valence-electron chi connectivity index (χ3n) is 5.25. The van der Waals surface area contributed by atoms with Crippen molar-refractivity contribution in [3.8, 4) is 23.1 Å². The predicted molar refractivity (Wildman–Crippen MR) is 117 cm³/mol. The molecule has 0 saturated carbocycles. The molecule has 9 heteroatoms. The lowest BCUT2D eigenvalue weighted by atomic mass is 9.96. The van der Waals surface area contributed by atoms with Crippen molar-refractivity contribution >= 4 is 28.2 Å². The summed E-state index contributed by atoms with van der Waals surface area (Å²) in [6.45, 7) is 1.43. The lowest BCUT2D eigenvalue weighted by Gasteiger charge is -2.31. The van der Waals surface area contributed by atoms with E-state index in [9.17, 15) is 9.18 Å². The maximum Gasteiger partial charge on any atom is 0.229 e. The van der Waals surface area contributed by atoms with Gasteiger partial charge in [-0.25, -0.2) is 14.4 Å². The monoisotopic (exact) mass is 437 g/mol. The van der Waals surface area contributed by atoms with Crippen LogP contribution in [0.4, 0.5) is 15.3 Å². The number of nitriles is 1. The van der Waals surface area contributed by atoms with Crippen LogP contribution in [0, 0.1) is 23.1 Å². The van der Waals surface area contributed by atoms with Gasteiger partial charge in [0.05, 0.1) is 18.4 Å².